The summed E-state index contributed by atoms with van der Waals surface area (Å²) >= 11 is 0. The van der Waals surface area contributed by atoms with Gasteiger partial charge in [-0.05, 0) is 19.8 Å². The number of aryl methyl sites for hydroxylation is 1. The van der Waals surface area contributed by atoms with Gasteiger partial charge in [0.15, 0.2) is 0 Å². The second kappa shape index (κ2) is 5.18. The zero-order valence-electron chi connectivity index (χ0n) is 10.1. The average molecular weight is 257 g/mol. The van der Waals surface area contributed by atoms with Gasteiger partial charge in [0.1, 0.15) is 15.7 Å². The number of hydrogen-bond acceptors (Lipinski definition) is 4. The Kier molecular flexibility index (Phi) is 3.83. The Balaban J connectivity index is 1.72. The molecule has 0 amide bonds. The van der Waals surface area contributed by atoms with Gasteiger partial charge in [0.05, 0.1) is 11.5 Å². The minimum absolute atomic E-state index is 0.328. The Morgan fingerprint density at radius 3 is 2.76 bits per heavy atom. The summed E-state index contributed by atoms with van der Waals surface area (Å²) in [7, 11) is -2.75. The fourth-order valence-electron chi connectivity index (χ4n) is 2.12. The number of hydrogen-bond donors (Lipinski definition) is 1. The van der Waals surface area contributed by atoms with E-state index in [2.05, 4.69) is 14.9 Å². The molecular weight excluding hydrogens is 238 g/mol. The van der Waals surface area contributed by atoms with Crippen molar-refractivity contribution in [3.8, 4) is 0 Å². The van der Waals surface area contributed by atoms with Gasteiger partial charge < -0.3 is 9.88 Å². The zero-order valence-corrected chi connectivity index (χ0v) is 10.9. The van der Waals surface area contributed by atoms with Gasteiger partial charge in [-0.2, -0.15) is 0 Å². The third kappa shape index (κ3) is 3.54. The van der Waals surface area contributed by atoms with Gasteiger partial charge >= 0.3 is 0 Å². The maximum atomic E-state index is 11.3. The van der Waals surface area contributed by atoms with Crippen LogP contribution >= 0.6 is 0 Å². The molecule has 2 rings (SSSR count). The van der Waals surface area contributed by atoms with Crippen LogP contribution in [0.4, 0.5) is 0 Å². The Hall–Kier alpha value is -0.880. The molecule has 1 fully saturated rings. The van der Waals surface area contributed by atoms with Crippen LogP contribution < -0.4 is 5.32 Å². The van der Waals surface area contributed by atoms with Crippen molar-refractivity contribution in [3.05, 3.63) is 18.2 Å². The second-order valence-corrected chi connectivity index (χ2v) is 6.85. The highest BCUT2D eigenvalue weighted by molar-refractivity contribution is 7.91. The smallest absolute Gasteiger partial charge is 0.150 e. The van der Waals surface area contributed by atoms with Crippen LogP contribution in [0.1, 0.15) is 18.7 Å². The molecule has 1 aliphatic heterocycles. The molecular formula is C11H19N3O2S. The van der Waals surface area contributed by atoms with Gasteiger partial charge in [0.2, 0.25) is 0 Å². The molecule has 0 aromatic carbocycles. The lowest BCUT2D eigenvalue weighted by molar-refractivity contribution is 0.448. The summed E-state index contributed by atoms with van der Waals surface area (Å²) in [6.07, 6.45) is 5.24. The molecule has 2 heterocycles. The van der Waals surface area contributed by atoms with E-state index in [1.54, 1.807) is 6.20 Å². The third-order valence-corrected chi connectivity index (χ3v) is 4.98. The summed E-state index contributed by atoms with van der Waals surface area (Å²) in [5, 5.41) is 3.41. The molecule has 0 spiro atoms. The molecule has 1 aromatic heterocycles. The van der Waals surface area contributed by atoms with Crippen LogP contribution in [-0.4, -0.2) is 42.1 Å². The third-order valence-electron chi connectivity index (χ3n) is 3.26. The monoisotopic (exact) mass is 257 g/mol. The Morgan fingerprint density at radius 2 is 2.18 bits per heavy atom. The minimum atomic E-state index is -2.75. The molecule has 0 radical (unpaired) electrons. The number of aromatic nitrogens is 2. The van der Waals surface area contributed by atoms with Gasteiger partial charge in [0, 0.05) is 31.5 Å². The van der Waals surface area contributed by atoms with Crippen molar-refractivity contribution in [1.82, 2.24) is 14.9 Å². The predicted octanol–water partition coefficient (Wildman–Crippen LogP) is 0.358. The van der Waals surface area contributed by atoms with Crippen LogP contribution in [0.2, 0.25) is 0 Å². The molecule has 0 atom stereocenters. The Labute approximate surface area is 102 Å². The maximum absolute atomic E-state index is 11.3. The first kappa shape index (κ1) is 12.6. The van der Waals surface area contributed by atoms with E-state index >= 15 is 0 Å². The molecule has 6 heteroatoms. The van der Waals surface area contributed by atoms with Crippen molar-refractivity contribution in [3.63, 3.8) is 0 Å². The van der Waals surface area contributed by atoms with Crippen molar-refractivity contribution < 1.29 is 8.42 Å². The first-order valence-electron chi connectivity index (χ1n) is 5.98. The van der Waals surface area contributed by atoms with Gasteiger partial charge in [-0.3, -0.25) is 0 Å². The van der Waals surface area contributed by atoms with E-state index in [0.29, 0.717) is 17.5 Å². The lowest BCUT2D eigenvalue weighted by Gasteiger charge is -2.23. The fraction of sp³-hybridized carbons (Fsp3) is 0.727. The standard InChI is InChI=1S/C11H19N3O2S/c1-10-12-4-6-14(10)7-5-13-11-2-8-17(15,16)9-3-11/h4,6,11,13H,2-3,5,7-9H2,1H3. The summed E-state index contributed by atoms with van der Waals surface area (Å²) in [6.45, 7) is 3.73. The molecule has 0 unspecified atom stereocenters. The average Bonchev–Trinajstić information content (AvgIpc) is 2.67. The van der Waals surface area contributed by atoms with Crippen LogP contribution in [0.3, 0.4) is 0 Å². The quantitative estimate of drug-likeness (QED) is 0.846. The predicted molar refractivity (Wildman–Crippen MR) is 66.6 cm³/mol. The highest BCUT2D eigenvalue weighted by atomic mass is 32.2. The van der Waals surface area contributed by atoms with Crippen molar-refractivity contribution >= 4 is 9.84 Å². The summed E-state index contributed by atoms with van der Waals surface area (Å²) in [6, 6.07) is 0.349. The highest BCUT2D eigenvalue weighted by Gasteiger charge is 2.22. The number of nitrogens with zero attached hydrogens (tertiary/aromatic N) is 2. The van der Waals surface area contributed by atoms with E-state index in [0.717, 1.165) is 31.8 Å². The molecule has 1 saturated heterocycles. The van der Waals surface area contributed by atoms with Crippen LogP contribution in [0.25, 0.3) is 0 Å². The first-order valence-corrected chi connectivity index (χ1v) is 7.80. The molecule has 5 nitrogen and oxygen atoms in total. The van der Waals surface area contributed by atoms with Crippen LogP contribution in [0.5, 0.6) is 0 Å². The van der Waals surface area contributed by atoms with Crippen molar-refractivity contribution in [2.24, 2.45) is 0 Å². The molecule has 0 saturated carbocycles. The summed E-state index contributed by atoms with van der Waals surface area (Å²) in [4.78, 5) is 4.16. The van der Waals surface area contributed by atoms with Crippen molar-refractivity contribution in [2.45, 2.75) is 32.4 Å². The molecule has 96 valence electrons. The molecule has 1 aliphatic rings. The summed E-state index contributed by atoms with van der Waals surface area (Å²) in [5.74, 6) is 1.67. The lowest BCUT2D eigenvalue weighted by Crippen LogP contribution is -2.38. The molecule has 0 aliphatic carbocycles. The largest absolute Gasteiger partial charge is 0.334 e. The summed E-state index contributed by atoms with van der Waals surface area (Å²) in [5.41, 5.74) is 0. The molecule has 1 N–H and O–H groups in total. The molecule has 17 heavy (non-hydrogen) atoms. The SMILES string of the molecule is Cc1nccn1CCNC1CCS(=O)(=O)CC1. The maximum Gasteiger partial charge on any atom is 0.150 e. The van der Waals surface area contributed by atoms with Crippen LogP contribution in [-0.2, 0) is 16.4 Å². The number of nitrogens with one attached hydrogen (secondary N) is 1. The minimum Gasteiger partial charge on any atom is -0.334 e. The van der Waals surface area contributed by atoms with Gasteiger partial charge in [-0.1, -0.05) is 0 Å². The second-order valence-electron chi connectivity index (χ2n) is 4.55. The molecule has 0 bridgehead atoms. The molecule has 1 aromatic rings. The van der Waals surface area contributed by atoms with E-state index in [1.807, 2.05) is 13.1 Å². The lowest BCUT2D eigenvalue weighted by atomic mass is 10.1. The number of imidazole rings is 1. The number of rotatable bonds is 4. The van der Waals surface area contributed by atoms with E-state index < -0.39 is 9.84 Å². The van der Waals surface area contributed by atoms with Crippen LogP contribution in [0.15, 0.2) is 12.4 Å². The van der Waals surface area contributed by atoms with Gasteiger partial charge in [-0.25, -0.2) is 13.4 Å². The fourth-order valence-corrected chi connectivity index (χ4v) is 3.61. The van der Waals surface area contributed by atoms with Crippen molar-refractivity contribution in [2.75, 3.05) is 18.1 Å². The highest BCUT2D eigenvalue weighted by Crippen LogP contribution is 2.11. The Morgan fingerprint density at radius 1 is 1.47 bits per heavy atom. The Bertz CT molecular complexity index is 453. The van der Waals surface area contributed by atoms with Gasteiger partial charge in [0.25, 0.3) is 0 Å². The first-order chi connectivity index (χ1) is 8.07. The van der Waals surface area contributed by atoms with Crippen LogP contribution in [0, 0.1) is 6.92 Å². The van der Waals surface area contributed by atoms with Crippen molar-refractivity contribution in [1.29, 1.82) is 0 Å². The topological polar surface area (TPSA) is 64.0 Å². The zero-order chi connectivity index (χ0) is 12.3. The normalized spacial score (nSPS) is 20.5. The summed E-state index contributed by atoms with van der Waals surface area (Å²) < 4.78 is 24.6. The number of sulfone groups is 1. The van der Waals surface area contributed by atoms with E-state index in [-0.39, 0.29) is 0 Å². The van der Waals surface area contributed by atoms with E-state index in [9.17, 15) is 8.42 Å². The van der Waals surface area contributed by atoms with Gasteiger partial charge in [-0.15, -0.1) is 0 Å². The van der Waals surface area contributed by atoms with E-state index in [4.69, 9.17) is 0 Å². The van der Waals surface area contributed by atoms with E-state index in [1.165, 1.54) is 0 Å².